The van der Waals surface area contributed by atoms with Gasteiger partial charge in [-0.2, -0.15) is 8.42 Å². The SMILES string of the molecule is O=S(=O)(O)O.[BaH2].[MgH2].[OH][Ti]([OH])([OH])[OH]. The van der Waals surface area contributed by atoms with Crippen LogP contribution in [-0.4, -0.2) is 104 Å². The molecule has 12 heavy (non-hydrogen) atoms. The zero-order valence-electron chi connectivity index (χ0n) is 4.41. The van der Waals surface area contributed by atoms with Crippen LogP contribution < -0.4 is 0 Å². The van der Waals surface area contributed by atoms with Crippen molar-refractivity contribution >= 4 is 82.3 Å². The van der Waals surface area contributed by atoms with E-state index in [2.05, 4.69) is 0 Å². The molecular weight excluding hydrogens is 370 g/mol. The molecule has 8 nitrogen and oxygen atoms in total. The van der Waals surface area contributed by atoms with E-state index in [1.165, 1.54) is 0 Å². The van der Waals surface area contributed by atoms with E-state index in [1.54, 1.807) is 0 Å². The van der Waals surface area contributed by atoms with E-state index in [-0.39, 0.29) is 71.9 Å². The molecule has 0 aromatic carbocycles. The van der Waals surface area contributed by atoms with Crippen molar-refractivity contribution in [1.82, 2.24) is 0 Å². The van der Waals surface area contributed by atoms with Crippen LogP contribution in [0.3, 0.4) is 0 Å². The monoisotopic (exact) mass is 380 g/mol. The number of hydrogen-bond acceptors (Lipinski definition) is 6. The van der Waals surface area contributed by atoms with Crippen molar-refractivity contribution in [2.45, 2.75) is 0 Å². The van der Waals surface area contributed by atoms with Crippen LogP contribution in [0.5, 0.6) is 0 Å². The predicted octanol–water partition coefficient (Wildman–Crippen LogP) is -4.72. The van der Waals surface area contributed by atoms with Gasteiger partial charge in [-0.05, 0) is 0 Å². The average molecular weight is 380 g/mol. The third kappa shape index (κ3) is 231. The van der Waals surface area contributed by atoms with E-state index >= 15 is 0 Å². The van der Waals surface area contributed by atoms with Gasteiger partial charge in [-0.3, -0.25) is 9.11 Å². The summed E-state index contributed by atoms with van der Waals surface area (Å²) >= 11 is -5.00. The van der Waals surface area contributed by atoms with Crippen molar-refractivity contribution in [3.8, 4) is 0 Å². The Labute approximate surface area is 130 Å². The fourth-order valence-electron chi connectivity index (χ4n) is 0. The summed E-state index contributed by atoms with van der Waals surface area (Å²) in [5.74, 6) is 0. The molecule has 0 aliphatic rings. The van der Waals surface area contributed by atoms with E-state index in [0.717, 1.165) is 0 Å². The molecule has 72 valence electrons. The van der Waals surface area contributed by atoms with Crippen LogP contribution in [0.4, 0.5) is 0 Å². The Hall–Kier alpha value is 2.76. The van der Waals surface area contributed by atoms with Crippen LogP contribution in [0.1, 0.15) is 0 Å². The summed E-state index contributed by atoms with van der Waals surface area (Å²) in [6.45, 7) is 0. The summed E-state index contributed by atoms with van der Waals surface area (Å²) in [5, 5.41) is 0. The van der Waals surface area contributed by atoms with E-state index in [0.29, 0.717) is 0 Å². The molecule has 0 saturated carbocycles. The first-order valence-corrected chi connectivity index (χ1v) is 5.78. The van der Waals surface area contributed by atoms with Crippen LogP contribution in [0, 0.1) is 0 Å². The molecule has 0 atom stereocenters. The Morgan fingerprint density at radius 3 is 0.917 bits per heavy atom. The molecule has 0 rings (SSSR count). The standard InChI is InChI=1S/Ba.Mg.H2O4S.4H2O.Ti.4H/c;;1-5(2,3)4;;;;;;;;;/h;;(H2,1,2,3,4);4*1H2;;;;;/q;;;;;;;+4;;;;/p-4. The predicted molar refractivity (Wildman–Crippen MR) is 40.1 cm³/mol. The Kier molecular flexibility index (Phi) is 20.7. The normalized spacial score (nSPS) is 9.83. The molecular formula is H10BaMgO8STi. The minimum absolute atomic E-state index is 0. The van der Waals surface area contributed by atoms with Gasteiger partial charge in [0, 0.05) is 0 Å². The third-order valence-electron chi connectivity index (χ3n) is 0. The molecule has 0 amide bonds. The van der Waals surface area contributed by atoms with Gasteiger partial charge in [0.05, 0.1) is 0 Å². The summed E-state index contributed by atoms with van der Waals surface area (Å²) < 4.78 is 61.1. The van der Waals surface area contributed by atoms with Crippen molar-refractivity contribution < 1.29 is 50.4 Å². The maximum absolute atomic E-state index is 8.74. The van der Waals surface area contributed by atoms with Gasteiger partial charge >= 0.3 is 115 Å². The second-order valence-corrected chi connectivity index (χ2v) is 3.82. The van der Waals surface area contributed by atoms with Crippen LogP contribution in [0.25, 0.3) is 0 Å². The van der Waals surface area contributed by atoms with Crippen LogP contribution >= 0.6 is 0 Å². The Morgan fingerprint density at radius 2 is 0.917 bits per heavy atom. The van der Waals surface area contributed by atoms with Gasteiger partial charge in [-0.1, -0.05) is 0 Å². The van der Waals surface area contributed by atoms with Gasteiger partial charge in [0.1, 0.15) is 0 Å². The molecule has 0 radical (unpaired) electrons. The molecule has 0 aliphatic heterocycles. The number of rotatable bonds is 0. The first-order chi connectivity index (χ1) is 4.00. The topological polar surface area (TPSA) is 156 Å². The zero-order valence-corrected chi connectivity index (χ0v) is 6.79. The summed E-state index contributed by atoms with van der Waals surface area (Å²) in [6.07, 6.45) is 0. The van der Waals surface area contributed by atoms with Gasteiger partial charge < -0.3 is 0 Å². The van der Waals surface area contributed by atoms with Gasteiger partial charge in [0.15, 0.2) is 0 Å². The molecule has 0 spiro atoms. The molecule has 12 heteroatoms. The van der Waals surface area contributed by atoms with Crippen LogP contribution in [0.2, 0.25) is 0 Å². The first-order valence-electron chi connectivity index (χ1n) is 1.59. The van der Waals surface area contributed by atoms with Crippen LogP contribution in [-0.2, 0) is 28.5 Å². The Balaban J connectivity index is -0.0000000457. The van der Waals surface area contributed by atoms with E-state index in [1.807, 2.05) is 0 Å². The van der Waals surface area contributed by atoms with E-state index in [4.69, 9.17) is 32.3 Å². The van der Waals surface area contributed by atoms with Gasteiger partial charge in [0.2, 0.25) is 0 Å². The molecule has 0 aliphatic carbocycles. The van der Waals surface area contributed by atoms with Crippen LogP contribution in [0.15, 0.2) is 0 Å². The van der Waals surface area contributed by atoms with Gasteiger partial charge in [-0.15, -0.1) is 0 Å². The van der Waals surface area contributed by atoms with Crippen molar-refractivity contribution in [2.24, 2.45) is 0 Å². The minimum atomic E-state index is -5.00. The molecule has 0 aromatic heterocycles. The fourth-order valence-corrected chi connectivity index (χ4v) is 0. The average Bonchev–Trinajstić information content (AvgIpc) is 1.12. The summed E-state index contributed by atoms with van der Waals surface area (Å²) in [6, 6.07) is 0. The second-order valence-electron chi connectivity index (χ2n) is 1.05. The summed E-state index contributed by atoms with van der Waals surface area (Å²) in [4.78, 5) is 0. The molecule has 0 unspecified atom stereocenters. The molecule has 0 bridgehead atoms. The van der Waals surface area contributed by atoms with Crippen molar-refractivity contribution in [1.29, 1.82) is 0 Å². The molecule has 0 saturated heterocycles. The molecule has 0 aromatic rings. The first kappa shape index (κ1) is 24.1. The maximum atomic E-state index is 8.74. The van der Waals surface area contributed by atoms with Crippen molar-refractivity contribution in [3.63, 3.8) is 0 Å². The summed E-state index contributed by atoms with van der Waals surface area (Å²) in [5.41, 5.74) is 0. The van der Waals surface area contributed by atoms with Crippen molar-refractivity contribution in [2.75, 3.05) is 0 Å². The third-order valence-corrected chi connectivity index (χ3v) is 0. The van der Waals surface area contributed by atoms with Gasteiger partial charge in [0.25, 0.3) is 0 Å². The van der Waals surface area contributed by atoms with E-state index in [9.17, 15) is 0 Å². The number of hydrogen-bond donors (Lipinski definition) is 6. The molecule has 6 N–H and O–H groups in total. The quantitative estimate of drug-likeness (QED) is 0.181. The van der Waals surface area contributed by atoms with Gasteiger partial charge in [-0.25, -0.2) is 0 Å². The zero-order chi connectivity index (χ0) is 9.00. The van der Waals surface area contributed by atoms with Crippen molar-refractivity contribution in [3.05, 3.63) is 0 Å². The molecule has 0 fully saturated rings. The molecule has 0 heterocycles. The van der Waals surface area contributed by atoms with E-state index < -0.39 is 28.5 Å². The Morgan fingerprint density at radius 1 is 0.917 bits per heavy atom. The fraction of sp³-hybridized carbons (Fsp3) is 0. The Bertz CT molecular complexity index is 154. The summed E-state index contributed by atoms with van der Waals surface area (Å²) in [7, 11) is -4.67. The second kappa shape index (κ2) is 10.3.